The third-order valence-electron chi connectivity index (χ3n) is 5.79. The smallest absolute Gasteiger partial charge is 0.378 e. The van der Waals surface area contributed by atoms with Gasteiger partial charge in [-0.15, -0.1) is 0 Å². The summed E-state index contributed by atoms with van der Waals surface area (Å²) in [6, 6.07) is 4.17. The standard InChI is InChI=1S/C20H18F17NO/c1-12(39-4,10-5-7-11(8-6-10)38(2)3)9-13(21,22)14(23,24)15(25,26)16(27,28)17(29,30)18(31,32)19(33,34)20(35,36)37/h5-8H,9H2,1-4H3. The van der Waals surface area contributed by atoms with E-state index in [-0.39, 0.29) is 0 Å². The van der Waals surface area contributed by atoms with Crippen molar-refractivity contribution >= 4 is 5.69 Å². The van der Waals surface area contributed by atoms with E-state index in [2.05, 4.69) is 4.74 Å². The Bertz CT molecular complexity index is 1000. The number of methoxy groups -OCH3 is 1. The summed E-state index contributed by atoms with van der Waals surface area (Å²) < 4.78 is 234. The van der Waals surface area contributed by atoms with Crippen molar-refractivity contribution in [2.24, 2.45) is 0 Å². The fourth-order valence-corrected chi connectivity index (χ4v) is 3.14. The van der Waals surface area contributed by atoms with Crippen LogP contribution in [0.4, 0.5) is 80.3 Å². The van der Waals surface area contributed by atoms with Crippen LogP contribution in [0.15, 0.2) is 24.3 Å². The number of ether oxygens (including phenoxy) is 1. The Labute approximate surface area is 208 Å². The van der Waals surface area contributed by atoms with E-state index >= 15 is 0 Å². The number of hydrogen-bond donors (Lipinski definition) is 0. The minimum absolute atomic E-state index is 0.360. The maximum Gasteiger partial charge on any atom is 0.460 e. The molecule has 0 N–H and O–H groups in total. The molecule has 0 heterocycles. The zero-order valence-electron chi connectivity index (χ0n) is 19.8. The predicted molar refractivity (Wildman–Crippen MR) is 100 cm³/mol. The van der Waals surface area contributed by atoms with Gasteiger partial charge in [0, 0.05) is 26.9 Å². The Morgan fingerprint density at radius 2 is 0.897 bits per heavy atom. The molecule has 1 unspecified atom stereocenters. The maximum absolute atomic E-state index is 14.5. The lowest BCUT2D eigenvalue weighted by molar-refractivity contribution is -0.462. The third kappa shape index (κ3) is 5.07. The highest BCUT2D eigenvalue weighted by atomic mass is 19.4. The second-order valence-electron chi connectivity index (χ2n) is 8.70. The number of alkyl halides is 17. The van der Waals surface area contributed by atoms with Gasteiger partial charge in [-0.2, -0.15) is 74.6 Å². The zero-order valence-corrected chi connectivity index (χ0v) is 19.8. The van der Waals surface area contributed by atoms with E-state index in [9.17, 15) is 74.6 Å². The molecule has 1 aromatic rings. The summed E-state index contributed by atoms with van der Waals surface area (Å²) in [6.07, 6.45) is -10.5. The number of anilines is 1. The highest BCUT2D eigenvalue weighted by molar-refractivity contribution is 5.47. The van der Waals surface area contributed by atoms with Gasteiger partial charge in [-0.3, -0.25) is 0 Å². The molecule has 39 heavy (non-hydrogen) atoms. The van der Waals surface area contributed by atoms with Crippen LogP contribution in [-0.2, 0) is 10.3 Å². The molecular weight excluding hydrogens is 593 g/mol. The van der Waals surface area contributed by atoms with Crippen LogP contribution in [0.3, 0.4) is 0 Å². The van der Waals surface area contributed by atoms with Gasteiger partial charge in [-0.1, -0.05) is 12.1 Å². The molecule has 0 aromatic heterocycles. The molecule has 0 saturated carbocycles. The molecule has 0 fully saturated rings. The van der Waals surface area contributed by atoms with Crippen LogP contribution in [-0.4, -0.2) is 68.8 Å². The van der Waals surface area contributed by atoms with E-state index in [0.717, 1.165) is 24.3 Å². The minimum Gasteiger partial charge on any atom is -0.378 e. The summed E-state index contributed by atoms with van der Waals surface area (Å²) in [5.41, 5.74) is -2.93. The van der Waals surface area contributed by atoms with Crippen LogP contribution in [0.1, 0.15) is 18.9 Å². The first-order valence-electron chi connectivity index (χ1n) is 9.97. The average Bonchev–Trinajstić information content (AvgIpc) is 2.77. The molecule has 0 aliphatic rings. The quantitative estimate of drug-likeness (QED) is 0.235. The number of halogens is 17. The van der Waals surface area contributed by atoms with Gasteiger partial charge in [0.1, 0.15) is 0 Å². The van der Waals surface area contributed by atoms with Crippen molar-refractivity contribution in [1.82, 2.24) is 0 Å². The molecule has 1 atom stereocenters. The maximum atomic E-state index is 14.5. The molecule has 19 heteroatoms. The van der Waals surface area contributed by atoms with Crippen molar-refractivity contribution in [3.63, 3.8) is 0 Å². The molecule has 0 radical (unpaired) electrons. The highest BCUT2D eigenvalue weighted by Crippen LogP contribution is 2.64. The van der Waals surface area contributed by atoms with Gasteiger partial charge in [0.25, 0.3) is 0 Å². The van der Waals surface area contributed by atoms with Gasteiger partial charge < -0.3 is 9.64 Å². The van der Waals surface area contributed by atoms with Gasteiger partial charge in [0.15, 0.2) is 0 Å². The fraction of sp³-hybridized carbons (Fsp3) is 0.700. The summed E-state index contributed by atoms with van der Waals surface area (Å²) in [6.45, 7) is 0.532. The minimum atomic E-state index is -8.66. The number of hydrogen-bond acceptors (Lipinski definition) is 2. The van der Waals surface area contributed by atoms with Gasteiger partial charge in [0.05, 0.1) is 12.0 Å². The first-order valence-corrected chi connectivity index (χ1v) is 9.97. The molecule has 1 aromatic carbocycles. The van der Waals surface area contributed by atoms with Crippen molar-refractivity contribution < 1.29 is 79.4 Å². The van der Waals surface area contributed by atoms with Gasteiger partial charge in [-0.25, -0.2) is 0 Å². The molecule has 2 nitrogen and oxygen atoms in total. The van der Waals surface area contributed by atoms with Crippen LogP contribution < -0.4 is 4.90 Å². The molecule has 0 saturated heterocycles. The fourth-order valence-electron chi connectivity index (χ4n) is 3.14. The number of rotatable bonds is 11. The largest absolute Gasteiger partial charge is 0.460 e. The van der Waals surface area contributed by atoms with Crippen molar-refractivity contribution in [2.45, 2.75) is 66.6 Å². The van der Waals surface area contributed by atoms with E-state index in [1.807, 2.05) is 0 Å². The predicted octanol–water partition coefficient (Wildman–Crippen LogP) is 8.01. The summed E-state index contributed by atoms with van der Waals surface area (Å²) in [4.78, 5) is 1.44. The molecule has 0 amide bonds. The van der Waals surface area contributed by atoms with E-state index in [1.54, 1.807) is 0 Å². The first-order chi connectivity index (χ1) is 16.9. The van der Waals surface area contributed by atoms with Crippen molar-refractivity contribution in [2.75, 3.05) is 26.1 Å². The van der Waals surface area contributed by atoms with Crippen LogP contribution in [0, 0.1) is 0 Å². The molecule has 0 bridgehead atoms. The normalized spacial score (nSPS) is 16.7. The van der Waals surface area contributed by atoms with Crippen LogP contribution >= 0.6 is 0 Å². The molecule has 0 aliphatic heterocycles. The Morgan fingerprint density at radius 3 is 1.21 bits per heavy atom. The topological polar surface area (TPSA) is 12.5 Å². The zero-order chi connectivity index (χ0) is 31.5. The van der Waals surface area contributed by atoms with Gasteiger partial charge in [-0.05, 0) is 24.6 Å². The Morgan fingerprint density at radius 1 is 0.564 bits per heavy atom. The Hall–Kier alpha value is -2.21. The highest BCUT2D eigenvalue weighted by Gasteiger charge is 2.95. The lowest BCUT2D eigenvalue weighted by atomic mass is 9.83. The molecule has 0 spiro atoms. The summed E-state index contributed by atoms with van der Waals surface area (Å²) >= 11 is 0. The van der Waals surface area contributed by atoms with Crippen LogP contribution in [0.25, 0.3) is 0 Å². The number of nitrogens with zero attached hydrogens (tertiary/aromatic N) is 1. The summed E-state index contributed by atoms with van der Waals surface area (Å²) in [5, 5.41) is 0. The van der Waals surface area contributed by atoms with Crippen LogP contribution in [0.2, 0.25) is 0 Å². The van der Waals surface area contributed by atoms with E-state index in [1.165, 1.54) is 19.0 Å². The third-order valence-corrected chi connectivity index (χ3v) is 5.79. The van der Waals surface area contributed by atoms with E-state index < -0.39 is 65.2 Å². The molecular formula is C20H18F17NO. The monoisotopic (exact) mass is 611 g/mol. The van der Waals surface area contributed by atoms with Crippen molar-refractivity contribution in [3.05, 3.63) is 29.8 Å². The Balaban J connectivity index is 3.64. The Kier molecular flexibility index (Phi) is 8.67. The van der Waals surface area contributed by atoms with Crippen molar-refractivity contribution in [1.29, 1.82) is 0 Å². The molecule has 228 valence electrons. The SMILES string of the molecule is COC(C)(CC(F)(F)C(F)(F)C(F)(F)C(F)(F)C(F)(F)C(F)(F)C(F)(F)C(F)(F)F)c1ccc(N(C)C)cc1. The second kappa shape index (κ2) is 9.71. The second-order valence-corrected chi connectivity index (χ2v) is 8.70. The summed E-state index contributed by atoms with van der Waals surface area (Å²) in [5.74, 6) is -56.7. The lowest BCUT2D eigenvalue weighted by Gasteiger charge is -2.44. The molecule has 0 aliphatic carbocycles. The lowest BCUT2D eigenvalue weighted by Crippen LogP contribution is -2.74. The van der Waals surface area contributed by atoms with Gasteiger partial charge >= 0.3 is 47.6 Å². The average molecular weight is 611 g/mol. The van der Waals surface area contributed by atoms with Crippen molar-refractivity contribution in [3.8, 4) is 0 Å². The van der Waals surface area contributed by atoms with Crippen LogP contribution in [0.5, 0.6) is 0 Å². The van der Waals surface area contributed by atoms with E-state index in [4.69, 9.17) is 0 Å². The summed E-state index contributed by atoms with van der Waals surface area (Å²) in [7, 11) is 3.53. The molecule has 1 rings (SSSR count). The van der Waals surface area contributed by atoms with E-state index in [0.29, 0.717) is 19.7 Å². The first kappa shape index (κ1) is 34.8. The van der Waals surface area contributed by atoms with Gasteiger partial charge in [0.2, 0.25) is 0 Å². The number of benzene rings is 1.